The van der Waals surface area contributed by atoms with E-state index in [1.165, 1.54) is 35.0 Å². The van der Waals surface area contributed by atoms with E-state index in [1.807, 2.05) is 24.3 Å². The van der Waals surface area contributed by atoms with Crippen molar-refractivity contribution >= 4 is 22.7 Å². The lowest BCUT2D eigenvalue weighted by Crippen LogP contribution is -2.19. The SMILES string of the molecule is COc1ccc(SCC(O)Cn2c3c(c4ccccc42)CCC3)cc1. The largest absolute Gasteiger partial charge is 0.497 e. The zero-order valence-electron chi connectivity index (χ0n) is 14.4. The summed E-state index contributed by atoms with van der Waals surface area (Å²) in [6.45, 7) is 0.666. The van der Waals surface area contributed by atoms with Crippen LogP contribution in [-0.2, 0) is 19.4 Å². The van der Waals surface area contributed by atoms with Gasteiger partial charge < -0.3 is 14.4 Å². The number of benzene rings is 2. The van der Waals surface area contributed by atoms with Crippen molar-refractivity contribution < 1.29 is 9.84 Å². The van der Waals surface area contributed by atoms with Crippen molar-refractivity contribution in [1.82, 2.24) is 4.57 Å². The van der Waals surface area contributed by atoms with Crippen molar-refractivity contribution in [1.29, 1.82) is 0 Å². The molecular weight excluding hydrogens is 330 g/mol. The number of fused-ring (bicyclic) bond motifs is 3. The van der Waals surface area contributed by atoms with Gasteiger partial charge in [-0.2, -0.15) is 0 Å². The Balaban J connectivity index is 1.47. The second kappa shape index (κ2) is 7.14. The fourth-order valence-electron chi connectivity index (χ4n) is 3.76. The molecule has 25 heavy (non-hydrogen) atoms. The predicted molar refractivity (Wildman–Crippen MR) is 104 cm³/mol. The van der Waals surface area contributed by atoms with Crippen LogP contribution in [0, 0.1) is 0 Å². The van der Waals surface area contributed by atoms with Gasteiger partial charge >= 0.3 is 0 Å². The molecule has 3 nitrogen and oxygen atoms in total. The second-order valence-corrected chi connectivity index (χ2v) is 7.64. The number of thioether (sulfide) groups is 1. The minimum Gasteiger partial charge on any atom is -0.497 e. The second-order valence-electron chi connectivity index (χ2n) is 6.55. The molecule has 1 heterocycles. The van der Waals surface area contributed by atoms with E-state index in [-0.39, 0.29) is 6.10 Å². The first-order valence-electron chi connectivity index (χ1n) is 8.80. The van der Waals surface area contributed by atoms with Crippen molar-refractivity contribution in [2.45, 2.75) is 36.8 Å². The molecule has 130 valence electrons. The number of hydrogen-bond acceptors (Lipinski definition) is 3. The van der Waals surface area contributed by atoms with Crippen LogP contribution in [0.1, 0.15) is 17.7 Å². The Morgan fingerprint density at radius 2 is 1.92 bits per heavy atom. The van der Waals surface area contributed by atoms with Gasteiger partial charge in [-0.05, 0) is 55.2 Å². The zero-order chi connectivity index (χ0) is 17.2. The lowest BCUT2D eigenvalue weighted by Gasteiger charge is -2.15. The van der Waals surface area contributed by atoms with E-state index in [2.05, 4.69) is 28.8 Å². The Morgan fingerprint density at radius 1 is 1.12 bits per heavy atom. The van der Waals surface area contributed by atoms with Gasteiger partial charge in [0, 0.05) is 33.8 Å². The molecule has 3 aromatic rings. The quantitative estimate of drug-likeness (QED) is 0.671. The first kappa shape index (κ1) is 16.6. The van der Waals surface area contributed by atoms with Crippen LogP contribution in [0.25, 0.3) is 10.9 Å². The fraction of sp³-hybridized carbons (Fsp3) is 0.333. The lowest BCUT2D eigenvalue weighted by atomic mass is 10.1. The molecule has 1 unspecified atom stereocenters. The van der Waals surface area contributed by atoms with Crippen LogP contribution in [0.5, 0.6) is 5.75 Å². The first-order chi connectivity index (χ1) is 12.3. The summed E-state index contributed by atoms with van der Waals surface area (Å²) in [5.74, 6) is 1.55. The molecule has 4 rings (SSSR count). The molecule has 1 atom stereocenters. The van der Waals surface area contributed by atoms with E-state index in [1.54, 1.807) is 18.9 Å². The van der Waals surface area contributed by atoms with Gasteiger partial charge in [0.2, 0.25) is 0 Å². The number of ether oxygens (including phenoxy) is 1. The normalized spacial score (nSPS) is 14.6. The number of nitrogens with zero attached hydrogens (tertiary/aromatic N) is 1. The molecule has 2 aromatic carbocycles. The van der Waals surface area contributed by atoms with E-state index in [0.29, 0.717) is 12.3 Å². The van der Waals surface area contributed by atoms with Crippen LogP contribution in [0.2, 0.25) is 0 Å². The molecular formula is C21H23NO2S. The van der Waals surface area contributed by atoms with Crippen molar-refractivity contribution in [2.75, 3.05) is 12.9 Å². The molecule has 1 N–H and O–H groups in total. The fourth-order valence-corrected chi connectivity index (χ4v) is 4.58. The molecule has 1 aromatic heterocycles. The van der Waals surface area contributed by atoms with Crippen LogP contribution in [0.15, 0.2) is 53.4 Å². The van der Waals surface area contributed by atoms with E-state index >= 15 is 0 Å². The molecule has 1 aliphatic rings. The summed E-state index contributed by atoms with van der Waals surface area (Å²) in [4.78, 5) is 1.16. The summed E-state index contributed by atoms with van der Waals surface area (Å²) in [5, 5.41) is 12.0. The number of methoxy groups -OCH3 is 1. The molecule has 4 heteroatoms. The van der Waals surface area contributed by atoms with Crippen molar-refractivity contribution in [3.63, 3.8) is 0 Å². The summed E-state index contributed by atoms with van der Waals surface area (Å²) < 4.78 is 7.53. The van der Waals surface area contributed by atoms with E-state index in [9.17, 15) is 5.11 Å². The average molecular weight is 353 g/mol. The zero-order valence-corrected chi connectivity index (χ0v) is 15.3. The molecule has 0 fully saturated rings. The summed E-state index contributed by atoms with van der Waals surface area (Å²) in [6, 6.07) is 16.6. The Labute approximate surface area is 152 Å². The third-order valence-electron chi connectivity index (χ3n) is 4.93. The Bertz CT molecular complexity index is 869. The number of rotatable bonds is 6. The van der Waals surface area contributed by atoms with Gasteiger partial charge in [0.15, 0.2) is 0 Å². The number of aliphatic hydroxyl groups is 1. The first-order valence-corrected chi connectivity index (χ1v) is 9.78. The highest BCUT2D eigenvalue weighted by Crippen LogP contribution is 2.33. The Hall–Kier alpha value is -1.91. The van der Waals surface area contributed by atoms with Crippen molar-refractivity contribution in [3.8, 4) is 5.75 Å². The highest BCUT2D eigenvalue weighted by Gasteiger charge is 2.22. The Kier molecular flexibility index (Phi) is 4.73. The molecule has 0 saturated heterocycles. The molecule has 0 radical (unpaired) electrons. The molecule has 0 spiro atoms. The maximum atomic E-state index is 10.6. The summed E-state index contributed by atoms with van der Waals surface area (Å²) in [7, 11) is 1.67. The molecule has 1 aliphatic carbocycles. The van der Waals surface area contributed by atoms with Crippen LogP contribution in [0.4, 0.5) is 0 Å². The number of aliphatic hydroxyl groups excluding tert-OH is 1. The highest BCUT2D eigenvalue weighted by molar-refractivity contribution is 7.99. The number of aryl methyl sites for hydroxylation is 1. The highest BCUT2D eigenvalue weighted by atomic mass is 32.2. The summed E-state index contributed by atoms with van der Waals surface area (Å²) >= 11 is 1.69. The van der Waals surface area contributed by atoms with E-state index in [4.69, 9.17) is 4.74 Å². The van der Waals surface area contributed by atoms with Gasteiger partial charge in [-0.1, -0.05) is 18.2 Å². The minimum atomic E-state index is -0.368. The number of aromatic nitrogens is 1. The molecule has 0 bridgehead atoms. The van der Waals surface area contributed by atoms with E-state index in [0.717, 1.165) is 17.1 Å². The van der Waals surface area contributed by atoms with Gasteiger partial charge in [-0.25, -0.2) is 0 Å². The maximum absolute atomic E-state index is 10.6. The van der Waals surface area contributed by atoms with Gasteiger partial charge in [0.05, 0.1) is 13.2 Å². The third kappa shape index (κ3) is 3.29. The maximum Gasteiger partial charge on any atom is 0.118 e. The van der Waals surface area contributed by atoms with E-state index < -0.39 is 0 Å². The minimum absolute atomic E-state index is 0.368. The predicted octanol–water partition coefficient (Wildman–Crippen LogP) is 4.29. The molecule has 0 aliphatic heterocycles. The van der Waals surface area contributed by atoms with Gasteiger partial charge in [0.25, 0.3) is 0 Å². The number of hydrogen-bond donors (Lipinski definition) is 1. The third-order valence-corrected chi connectivity index (χ3v) is 6.09. The lowest BCUT2D eigenvalue weighted by molar-refractivity contribution is 0.179. The van der Waals surface area contributed by atoms with Gasteiger partial charge in [0.1, 0.15) is 5.75 Å². The van der Waals surface area contributed by atoms with Crippen LogP contribution >= 0.6 is 11.8 Å². The van der Waals surface area contributed by atoms with Crippen LogP contribution in [-0.4, -0.2) is 28.6 Å². The summed E-state index contributed by atoms with van der Waals surface area (Å²) in [5.41, 5.74) is 4.18. The molecule has 0 saturated carbocycles. The topological polar surface area (TPSA) is 34.4 Å². The average Bonchev–Trinajstić information content (AvgIpc) is 3.23. The van der Waals surface area contributed by atoms with Gasteiger partial charge in [-0.15, -0.1) is 11.8 Å². The smallest absolute Gasteiger partial charge is 0.118 e. The standard InChI is InChI=1S/C21H23NO2S/c1-24-16-9-11-17(12-10-16)25-14-15(23)13-22-20-7-3-2-5-18(20)19-6-4-8-21(19)22/h2-3,5,7,9-12,15,23H,4,6,8,13-14H2,1H3. The van der Waals surface area contributed by atoms with Crippen LogP contribution in [0.3, 0.4) is 0 Å². The van der Waals surface area contributed by atoms with Gasteiger partial charge in [-0.3, -0.25) is 0 Å². The van der Waals surface area contributed by atoms with Crippen molar-refractivity contribution in [2.24, 2.45) is 0 Å². The summed E-state index contributed by atoms with van der Waals surface area (Å²) in [6.07, 6.45) is 3.15. The van der Waals surface area contributed by atoms with Crippen LogP contribution < -0.4 is 4.74 Å². The Morgan fingerprint density at radius 3 is 2.72 bits per heavy atom. The number of para-hydroxylation sites is 1. The molecule has 0 amide bonds. The monoisotopic (exact) mass is 353 g/mol. The van der Waals surface area contributed by atoms with Crippen molar-refractivity contribution in [3.05, 3.63) is 59.8 Å².